The van der Waals surface area contributed by atoms with E-state index in [4.69, 9.17) is 4.74 Å². The van der Waals surface area contributed by atoms with Gasteiger partial charge in [-0.1, -0.05) is 40.0 Å². The Kier molecular flexibility index (Phi) is 7.35. The fourth-order valence-corrected chi connectivity index (χ4v) is 9.40. The molecule has 2 bridgehead atoms. The van der Waals surface area contributed by atoms with Crippen LogP contribution in [0.25, 0.3) is 0 Å². The van der Waals surface area contributed by atoms with E-state index in [2.05, 4.69) is 26.1 Å². The second-order valence-corrected chi connectivity index (χ2v) is 12.4. The summed E-state index contributed by atoms with van der Waals surface area (Å²) < 4.78 is 4.75. The molecule has 8 heteroatoms. The largest absolute Gasteiger partial charge is 0.466 e. The number of hydrogen-bond donors (Lipinski definition) is 2. The molecule has 0 aromatic heterocycles. The van der Waals surface area contributed by atoms with E-state index in [9.17, 15) is 19.5 Å². The maximum absolute atomic E-state index is 14.0. The van der Waals surface area contributed by atoms with Crippen LogP contribution in [0.4, 0.5) is 0 Å². The van der Waals surface area contributed by atoms with Crippen molar-refractivity contribution in [3.05, 3.63) is 0 Å². The monoisotopic (exact) mass is 480 g/mol. The van der Waals surface area contributed by atoms with E-state index in [0.29, 0.717) is 6.42 Å². The SMILES string of the molecule is CCOC(=O)[C@@H]1[C@H]2C(=O)N([C@@H](CO)CC(C)C)C(C(=O)NC3CCCCC3)C23S[C@@H]1CC3C. The quantitative estimate of drug-likeness (QED) is 0.519. The van der Waals surface area contributed by atoms with E-state index in [0.717, 1.165) is 32.1 Å². The number of carbonyl (C=O) groups excluding carboxylic acids is 3. The zero-order valence-electron chi connectivity index (χ0n) is 20.4. The lowest BCUT2D eigenvalue weighted by molar-refractivity contribution is -0.154. The number of nitrogens with one attached hydrogen (secondary N) is 1. The van der Waals surface area contributed by atoms with Gasteiger partial charge in [0, 0.05) is 11.3 Å². The van der Waals surface area contributed by atoms with Crippen LogP contribution in [0.3, 0.4) is 0 Å². The molecule has 2 amide bonds. The lowest BCUT2D eigenvalue weighted by Gasteiger charge is -2.41. The van der Waals surface area contributed by atoms with E-state index < -0.39 is 28.7 Å². The molecule has 4 aliphatic rings. The summed E-state index contributed by atoms with van der Waals surface area (Å²) >= 11 is 1.67. The summed E-state index contributed by atoms with van der Waals surface area (Å²) in [6.07, 6.45) is 6.76. The number of aliphatic hydroxyl groups is 1. The molecule has 1 saturated carbocycles. The molecule has 7 atom stereocenters. The number of aliphatic hydroxyl groups excluding tert-OH is 1. The van der Waals surface area contributed by atoms with Crippen molar-refractivity contribution in [2.24, 2.45) is 23.7 Å². The topological polar surface area (TPSA) is 95.9 Å². The molecule has 0 radical (unpaired) electrons. The third-order valence-corrected chi connectivity index (χ3v) is 10.4. The van der Waals surface area contributed by atoms with Gasteiger partial charge < -0.3 is 20.1 Å². The van der Waals surface area contributed by atoms with Crippen molar-refractivity contribution in [1.82, 2.24) is 10.2 Å². The predicted molar refractivity (Wildman–Crippen MR) is 127 cm³/mol. The first kappa shape index (κ1) is 24.8. The van der Waals surface area contributed by atoms with Crippen molar-refractivity contribution in [1.29, 1.82) is 0 Å². The van der Waals surface area contributed by atoms with Gasteiger partial charge >= 0.3 is 5.97 Å². The van der Waals surface area contributed by atoms with Gasteiger partial charge in [0.2, 0.25) is 11.8 Å². The first-order valence-electron chi connectivity index (χ1n) is 12.8. The highest BCUT2D eigenvalue weighted by Gasteiger charge is 2.76. The molecule has 2 N–H and O–H groups in total. The molecule has 1 spiro atoms. The van der Waals surface area contributed by atoms with Crippen LogP contribution in [0.15, 0.2) is 0 Å². The number of rotatable bonds is 8. The Morgan fingerprint density at radius 1 is 1.27 bits per heavy atom. The van der Waals surface area contributed by atoms with E-state index in [1.807, 2.05) is 0 Å². The van der Waals surface area contributed by atoms with E-state index >= 15 is 0 Å². The van der Waals surface area contributed by atoms with Crippen molar-refractivity contribution in [3.63, 3.8) is 0 Å². The minimum Gasteiger partial charge on any atom is -0.466 e. The zero-order valence-corrected chi connectivity index (χ0v) is 21.2. The Morgan fingerprint density at radius 2 is 1.97 bits per heavy atom. The van der Waals surface area contributed by atoms with Gasteiger partial charge in [0.05, 0.1) is 35.8 Å². The van der Waals surface area contributed by atoms with Crippen LogP contribution in [0.5, 0.6) is 0 Å². The summed E-state index contributed by atoms with van der Waals surface area (Å²) in [5, 5.41) is 13.6. The van der Waals surface area contributed by atoms with Crippen molar-refractivity contribution in [3.8, 4) is 0 Å². The van der Waals surface area contributed by atoms with Crippen LogP contribution in [0.1, 0.15) is 72.6 Å². The number of esters is 1. The fraction of sp³-hybridized carbons (Fsp3) is 0.880. The molecule has 3 heterocycles. The standard InChI is InChI=1S/C25H40N2O5S/c1-5-32-24(31)19-18-12-15(4)25(33-18)20(19)23(30)27(17(13-28)11-14(2)3)21(25)22(29)26-16-9-7-6-8-10-16/h14-21,28H,5-13H2,1-4H3,(H,26,29)/t15?,17-,18-,19+,20+,21?,25?/m1/s1. The first-order chi connectivity index (χ1) is 15.8. The number of likely N-dealkylation sites (tertiary alicyclic amines) is 1. The van der Waals surface area contributed by atoms with Crippen LogP contribution in [0.2, 0.25) is 0 Å². The lowest BCUT2D eigenvalue weighted by atomic mass is 9.66. The molecule has 4 rings (SSSR count). The Bertz CT molecular complexity index is 770. The van der Waals surface area contributed by atoms with Gasteiger partial charge in [0.25, 0.3) is 0 Å². The molecule has 7 nitrogen and oxygen atoms in total. The van der Waals surface area contributed by atoms with Crippen molar-refractivity contribution < 1.29 is 24.2 Å². The fourth-order valence-electron chi connectivity index (χ4n) is 7.01. The van der Waals surface area contributed by atoms with Gasteiger partial charge in [-0.25, -0.2) is 0 Å². The van der Waals surface area contributed by atoms with Gasteiger partial charge in [0.1, 0.15) is 6.04 Å². The summed E-state index contributed by atoms with van der Waals surface area (Å²) in [7, 11) is 0. The van der Waals surface area contributed by atoms with E-state index in [1.54, 1.807) is 23.6 Å². The van der Waals surface area contributed by atoms with Crippen LogP contribution in [-0.4, -0.2) is 69.1 Å². The predicted octanol–water partition coefficient (Wildman–Crippen LogP) is 2.74. The van der Waals surface area contributed by atoms with Crippen molar-refractivity contribution in [2.45, 2.75) is 101 Å². The number of ether oxygens (including phenoxy) is 1. The number of hydrogen-bond acceptors (Lipinski definition) is 6. The van der Waals surface area contributed by atoms with Gasteiger partial charge in [-0.2, -0.15) is 0 Å². The lowest BCUT2D eigenvalue weighted by Crippen LogP contribution is -2.59. The van der Waals surface area contributed by atoms with Gasteiger partial charge in [-0.3, -0.25) is 14.4 Å². The molecule has 0 aromatic rings. The molecule has 4 fully saturated rings. The molecular weight excluding hydrogens is 440 g/mol. The summed E-state index contributed by atoms with van der Waals surface area (Å²) in [5.41, 5.74) is 0. The highest BCUT2D eigenvalue weighted by Crippen LogP contribution is 2.69. The minimum atomic E-state index is -0.669. The maximum atomic E-state index is 14.0. The van der Waals surface area contributed by atoms with E-state index in [-0.39, 0.29) is 54.1 Å². The zero-order chi connectivity index (χ0) is 23.9. The van der Waals surface area contributed by atoms with Gasteiger partial charge in [-0.05, 0) is 44.4 Å². The smallest absolute Gasteiger partial charge is 0.310 e. The molecule has 33 heavy (non-hydrogen) atoms. The highest BCUT2D eigenvalue weighted by atomic mass is 32.2. The Balaban J connectivity index is 1.73. The summed E-state index contributed by atoms with van der Waals surface area (Å²) in [4.78, 5) is 42.6. The number of thioether (sulfide) groups is 1. The number of fused-ring (bicyclic) bond motifs is 1. The third-order valence-electron chi connectivity index (χ3n) is 8.29. The van der Waals surface area contributed by atoms with Crippen LogP contribution in [-0.2, 0) is 19.1 Å². The Morgan fingerprint density at radius 3 is 2.58 bits per heavy atom. The van der Waals surface area contributed by atoms with Crippen LogP contribution >= 0.6 is 11.8 Å². The average molecular weight is 481 g/mol. The summed E-state index contributed by atoms with van der Waals surface area (Å²) in [6.45, 7) is 8.11. The molecule has 3 aliphatic heterocycles. The van der Waals surface area contributed by atoms with Crippen molar-refractivity contribution in [2.75, 3.05) is 13.2 Å². The number of carbonyl (C=O) groups is 3. The maximum Gasteiger partial charge on any atom is 0.310 e. The molecule has 186 valence electrons. The summed E-state index contributed by atoms with van der Waals surface area (Å²) in [5.74, 6) is -1.29. The Labute approximate surface area is 201 Å². The second-order valence-electron chi connectivity index (χ2n) is 10.9. The molecule has 1 aliphatic carbocycles. The average Bonchev–Trinajstić information content (AvgIpc) is 3.36. The first-order valence-corrected chi connectivity index (χ1v) is 13.7. The van der Waals surface area contributed by atoms with E-state index in [1.165, 1.54) is 6.42 Å². The number of amides is 2. The molecule has 0 aromatic carbocycles. The number of nitrogens with zero attached hydrogens (tertiary/aromatic N) is 1. The van der Waals surface area contributed by atoms with Gasteiger partial charge in [-0.15, -0.1) is 11.8 Å². The van der Waals surface area contributed by atoms with Crippen LogP contribution < -0.4 is 5.32 Å². The third kappa shape index (κ3) is 4.09. The molecular formula is C25H40N2O5S. The second kappa shape index (κ2) is 9.76. The molecule has 3 saturated heterocycles. The van der Waals surface area contributed by atoms with Crippen molar-refractivity contribution >= 4 is 29.5 Å². The highest BCUT2D eigenvalue weighted by molar-refractivity contribution is 8.02. The minimum absolute atomic E-state index is 0.00203. The molecule has 3 unspecified atom stereocenters. The Hall–Kier alpha value is -1.28. The normalized spacial score (nSPS) is 36.8. The van der Waals surface area contributed by atoms with Crippen LogP contribution in [0, 0.1) is 23.7 Å². The van der Waals surface area contributed by atoms with Gasteiger partial charge in [0.15, 0.2) is 0 Å². The summed E-state index contributed by atoms with van der Waals surface area (Å²) in [6, 6.07) is -0.970.